The first kappa shape index (κ1) is 19.0. The topological polar surface area (TPSA) is 145 Å². The van der Waals surface area contributed by atoms with Gasteiger partial charge in [0.1, 0.15) is 12.2 Å². The maximum Gasteiger partial charge on any atom is 0.339 e. The highest BCUT2D eigenvalue weighted by Crippen LogP contribution is 2.69. The van der Waals surface area contributed by atoms with Crippen LogP contribution >= 0.6 is 0 Å². The van der Waals surface area contributed by atoms with Crippen molar-refractivity contribution in [3.63, 3.8) is 0 Å². The van der Waals surface area contributed by atoms with Crippen molar-refractivity contribution in [2.45, 2.75) is 63.8 Å². The number of rotatable bonds is 0. The van der Waals surface area contributed by atoms with Gasteiger partial charge < -0.3 is 30.3 Å². The summed E-state index contributed by atoms with van der Waals surface area (Å²) in [4.78, 5) is 25.1. The summed E-state index contributed by atoms with van der Waals surface area (Å²) in [6, 6.07) is 0. The van der Waals surface area contributed by atoms with Crippen LogP contribution < -0.4 is 0 Å². The van der Waals surface area contributed by atoms with Gasteiger partial charge in [-0.15, -0.1) is 0 Å². The fourth-order valence-corrected chi connectivity index (χ4v) is 6.92. The maximum absolute atomic E-state index is 12.7. The number of hydrogen-bond donors (Lipinski definition) is 5. The maximum atomic E-state index is 12.7. The van der Waals surface area contributed by atoms with E-state index in [-0.39, 0.29) is 0 Å². The molecular weight excluding hydrogens is 356 g/mol. The van der Waals surface area contributed by atoms with E-state index in [1.165, 1.54) is 19.9 Å². The summed E-state index contributed by atoms with van der Waals surface area (Å²) >= 11 is 0. The smallest absolute Gasteiger partial charge is 0.339 e. The van der Waals surface area contributed by atoms with Crippen molar-refractivity contribution in [1.82, 2.24) is 0 Å². The number of esters is 1. The van der Waals surface area contributed by atoms with Crippen LogP contribution in [0.3, 0.4) is 0 Å². The molecule has 4 aliphatic rings. The van der Waals surface area contributed by atoms with Crippen LogP contribution in [0, 0.1) is 28.6 Å². The van der Waals surface area contributed by atoms with Gasteiger partial charge in [-0.25, -0.2) is 4.79 Å². The fraction of sp³-hybridized carbons (Fsp3) is 0.789. The van der Waals surface area contributed by atoms with Crippen molar-refractivity contribution in [2.75, 3.05) is 0 Å². The second kappa shape index (κ2) is 5.18. The molecule has 0 aromatic heterocycles. The van der Waals surface area contributed by atoms with Gasteiger partial charge in [0.05, 0.1) is 23.7 Å². The average Bonchev–Trinajstić information content (AvgIpc) is 2.80. The average molecular weight is 382 g/mol. The molecule has 2 saturated carbocycles. The Kier molecular flexibility index (Phi) is 3.65. The van der Waals surface area contributed by atoms with Gasteiger partial charge in [-0.3, -0.25) is 4.79 Å². The lowest BCUT2D eigenvalue weighted by molar-refractivity contribution is -0.298. The molecule has 1 aliphatic heterocycles. The molecule has 8 heteroatoms. The lowest BCUT2D eigenvalue weighted by Gasteiger charge is -2.66. The van der Waals surface area contributed by atoms with Gasteiger partial charge in [-0.05, 0) is 13.0 Å². The second-order valence-corrected chi connectivity index (χ2v) is 9.15. The highest BCUT2D eigenvalue weighted by molar-refractivity contribution is 5.96. The molecule has 0 spiro atoms. The van der Waals surface area contributed by atoms with E-state index < -0.39 is 76.5 Å². The van der Waals surface area contributed by atoms with Gasteiger partial charge in [0.25, 0.3) is 0 Å². The Morgan fingerprint density at radius 1 is 1.04 bits per heavy atom. The summed E-state index contributed by atoms with van der Waals surface area (Å²) in [6.07, 6.45) is -5.66. The molecule has 1 heterocycles. The number of carbonyl (C=O) groups is 2. The van der Waals surface area contributed by atoms with E-state index in [4.69, 9.17) is 4.74 Å². The standard InChI is InChI=1S/C19H26O8/c1-6-5-8(20)14(24)17(3)9(6)11(22)15-18(4)13(17)12(23)10(21)7(2)19(18,26)16(25)27-15/h5,7,9-15,21-24,26H,1-4H3/t7-,9+,10+,11+,12-,13+,14+,15+,17-,18-,19-/m0/s1. The van der Waals surface area contributed by atoms with Crippen molar-refractivity contribution in [1.29, 1.82) is 0 Å². The van der Waals surface area contributed by atoms with Gasteiger partial charge in [-0.2, -0.15) is 0 Å². The third-order valence-corrected chi connectivity index (χ3v) is 8.18. The van der Waals surface area contributed by atoms with Crippen LogP contribution in [-0.4, -0.2) is 73.4 Å². The van der Waals surface area contributed by atoms with Gasteiger partial charge in [0.15, 0.2) is 11.4 Å². The fourth-order valence-electron chi connectivity index (χ4n) is 6.92. The van der Waals surface area contributed by atoms with Gasteiger partial charge in [0, 0.05) is 23.2 Å². The molecule has 0 amide bonds. The normalized spacial score (nSPS) is 59.7. The SMILES string of the molecule is CC1=CC(=O)[C@@H](O)[C@@]2(C)[C@H]1[C@@H](O)[C@H]1OC(=O)[C@@]3(O)[C@@H](C)[C@@H](O)[C@H](O)[C@H]2[C@@]13C. The molecule has 0 bridgehead atoms. The van der Waals surface area contributed by atoms with Crippen molar-refractivity contribution >= 4 is 11.8 Å². The number of hydrogen-bond acceptors (Lipinski definition) is 8. The molecule has 11 atom stereocenters. The molecule has 150 valence electrons. The summed E-state index contributed by atoms with van der Waals surface area (Å²) in [5.74, 6) is -4.48. The predicted molar refractivity (Wildman–Crippen MR) is 90.0 cm³/mol. The van der Waals surface area contributed by atoms with Crippen LogP contribution in [0.4, 0.5) is 0 Å². The van der Waals surface area contributed by atoms with E-state index in [1.54, 1.807) is 13.8 Å². The van der Waals surface area contributed by atoms with Gasteiger partial charge in [0.2, 0.25) is 0 Å². The highest BCUT2D eigenvalue weighted by atomic mass is 16.6. The molecule has 27 heavy (non-hydrogen) atoms. The first-order chi connectivity index (χ1) is 12.4. The molecule has 8 nitrogen and oxygen atoms in total. The number of aliphatic hydroxyl groups excluding tert-OH is 4. The first-order valence-corrected chi connectivity index (χ1v) is 9.24. The third kappa shape index (κ3) is 1.73. The predicted octanol–water partition coefficient (Wildman–Crippen LogP) is -1.48. The quantitative estimate of drug-likeness (QED) is 0.319. The van der Waals surface area contributed by atoms with Crippen LogP contribution in [-0.2, 0) is 14.3 Å². The van der Waals surface area contributed by atoms with Crippen LogP contribution in [0.5, 0.6) is 0 Å². The van der Waals surface area contributed by atoms with Crippen molar-refractivity contribution in [3.8, 4) is 0 Å². The number of carbonyl (C=O) groups excluding carboxylic acids is 2. The van der Waals surface area contributed by atoms with Crippen molar-refractivity contribution < 1.29 is 39.9 Å². The molecule has 0 unspecified atom stereocenters. The van der Waals surface area contributed by atoms with Gasteiger partial charge >= 0.3 is 5.97 Å². The summed E-state index contributed by atoms with van der Waals surface area (Å²) in [5.41, 5.74) is -4.60. The zero-order valence-corrected chi connectivity index (χ0v) is 15.7. The Morgan fingerprint density at radius 2 is 1.63 bits per heavy atom. The van der Waals surface area contributed by atoms with E-state index in [9.17, 15) is 35.1 Å². The Labute approximate surface area is 156 Å². The minimum Gasteiger partial charge on any atom is -0.457 e. The summed E-state index contributed by atoms with van der Waals surface area (Å²) < 4.78 is 5.41. The molecule has 0 aromatic carbocycles. The number of ketones is 1. The summed E-state index contributed by atoms with van der Waals surface area (Å²) in [7, 11) is 0. The largest absolute Gasteiger partial charge is 0.457 e. The number of fused-ring (bicyclic) bond motifs is 2. The Hall–Kier alpha value is -1.32. The first-order valence-electron chi connectivity index (χ1n) is 9.24. The third-order valence-electron chi connectivity index (χ3n) is 8.18. The van der Waals surface area contributed by atoms with Crippen LogP contribution in [0.25, 0.3) is 0 Å². The van der Waals surface area contributed by atoms with Crippen LogP contribution in [0.2, 0.25) is 0 Å². The molecular formula is C19H26O8. The molecule has 3 fully saturated rings. The van der Waals surface area contributed by atoms with Crippen LogP contribution in [0.15, 0.2) is 11.6 Å². The summed E-state index contributed by atoms with van der Waals surface area (Å²) in [5, 5.41) is 55.0. The van der Waals surface area contributed by atoms with E-state index >= 15 is 0 Å². The van der Waals surface area contributed by atoms with E-state index in [0.29, 0.717) is 5.57 Å². The Morgan fingerprint density at radius 3 is 2.22 bits per heavy atom. The van der Waals surface area contributed by atoms with Gasteiger partial charge in [-0.1, -0.05) is 26.3 Å². The monoisotopic (exact) mass is 382 g/mol. The molecule has 3 aliphatic carbocycles. The number of ether oxygens (including phenoxy) is 1. The molecule has 1 saturated heterocycles. The molecule has 5 N–H and O–H groups in total. The van der Waals surface area contributed by atoms with E-state index in [2.05, 4.69) is 0 Å². The van der Waals surface area contributed by atoms with E-state index in [1.807, 2.05) is 0 Å². The zero-order chi connectivity index (χ0) is 20.3. The molecule has 4 rings (SSSR count). The minimum absolute atomic E-state index is 0.495. The van der Waals surface area contributed by atoms with E-state index in [0.717, 1.165) is 0 Å². The molecule has 0 aromatic rings. The lowest BCUT2D eigenvalue weighted by atomic mass is 9.38. The van der Waals surface area contributed by atoms with Crippen molar-refractivity contribution in [3.05, 3.63) is 11.6 Å². The lowest BCUT2D eigenvalue weighted by Crippen LogP contribution is -2.78. The van der Waals surface area contributed by atoms with Crippen molar-refractivity contribution in [2.24, 2.45) is 28.6 Å². The molecule has 0 radical (unpaired) electrons. The second-order valence-electron chi connectivity index (χ2n) is 9.15. The zero-order valence-electron chi connectivity index (χ0n) is 15.7. The Balaban J connectivity index is 2.04. The Bertz CT molecular complexity index is 763. The minimum atomic E-state index is -2.17. The highest BCUT2D eigenvalue weighted by Gasteiger charge is 2.83. The van der Waals surface area contributed by atoms with Crippen LogP contribution in [0.1, 0.15) is 27.7 Å². The number of aliphatic hydroxyl groups is 5. The summed E-state index contributed by atoms with van der Waals surface area (Å²) in [6.45, 7) is 6.15.